The van der Waals surface area contributed by atoms with Crippen molar-refractivity contribution in [2.75, 3.05) is 6.61 Å². The van der Waals surface area contributed by atoms with Crippen LogP contribution in [0.15, 0.2) is 24.3 Å². The lowest BCUT2D eigenvalue weighted by Gasteiger charge is -2.10. The lowest BCUT2D eigenvalue weighted by atomic mass is 10.1. The summed E-state index contributed by atoms with van der Waals surface area (Å²) in [6.45, 7) is 4.78. The van der Waals surface area contributed by atoms with E-state index < -0.39 is 5.97 Å². The first-order valence-corrected chi connectivity index (χ1v) is 7.24. The van der Waals surface area contributed by atoms with Crippen LogP contribution in [0.4, 0.5) is 0 Å². The quantitative estimate of drug-likeness (QED) is 0.686. The van der Waals surface area contributed by atoms with Crippen LogP contribution in [0.2, 0.25) is 0 Å². The minimum Gasteiger partial charge on any atom is -0.494 e. The molecule has 2 N–H and O–H groups in total. The molecule has 1 aromatic carbocycles. The first-order chi connectivity index (χ1) is 10.0. The van der Waals surface area contributed by atoms with Gasteiger partial charge in [0.1, 0.15) is 5.75 Å². The highest BCUT2D eigenvalue weighted by atomic mass is 16.5. The molecule has 0 aliphatic carbocycles. The Morgan fingerprint density at radius 3 is 2.52 bits per heavy atom. The molecular weight excluding hydrogens is 270 g/mol. The predicted molar refractivity (Wildman–Crippen MR) is 80.1 cm³/mol. The number of ether oxygens (including phenoxy) is 1. The fourth-order valence-corrected chi connectivity index (χ4v) is 1.67. The van der Waals surface area contributed by atoms with Gasteiger partial charge in [0.25, 0.3) is 0 Å². The Balaban J connectivity index is 2.33. The number of nitrogens with one attached hydrogen (secondary N) is 1. The number of hydrogen-bond donors (Lipinski definition) is 2. The van der Waals surface area contributed by atoms with Gasteiger partial charge in [-0.05, 0) is 30.5 Å². The second kappa shape index (κ2) is 9.00. The summed E-state index contributed by atoms with van der Waals surface area (Å²) in [6.07, 6.45) is 1.43. The Morgan fingerprint density at radius 2 is 1.95 bits per heavy atom. The van der Waals surface area contributed by atoms with E-state index in [1.54, 1.807) is 0 Å². The largest absolute Gasteiger partial charge is 0.494 e. The number of carbonyl (C=O) groups excluding carboxylic acids is 1. The summed E-state index contributed by atoms with van der Waals surface area (Å²) >= 11 is 0. The van der Waals surface area contributed by atoms with E-state index in [-0.39, 0.29) is 18.2 Å². The van der Waals surface area contributed by atoms with E-state index in [0.717, 1.165) is 12.0 Å². The molecule has 1 atom stereocenters. The molecule has 0 aliphatic rings. The molecule has 1 rings (SSSR count). The standard InChI is InChI=1S/C16H23NO4/c1-3-12(2)16(20)17-11-13-6-8-14(9-7-13)21-10-4-5-15(18)19/h6-9,12H,3-5,10-11H2,1-2H3,(H,17,20)(H,18,19). The van der Waals surface area contributed by atoms with Gasteiger partial charge >= 0.3 is 5.97 Å². The van der Waals surface area contributed by atoms with Crippen LogP contribution in [-0.2, 0) is 16.1 Å². The van der Waals surface area contributed by atoms with Gasteiger partial charge in [-0.25, -0.2) is 0 Å². The highest BCUT2D eigenvalue weighted by Crippen LogP contribution is 2.13. The van der Waals surface area contributed by atoms with Gasteiger partial charge in [-0.1, -0.05) is 26.0 Å². The zero-order valence-electron chi connectivity index (χ0n) is 12.6. The second-order valence-corrected chi connectivity index (χ2v) is 5.02. The van der Waals surface area contributed by atoms with Crippen molar-refractivity contribution in [3.05, 3.63) is 29.8 Å². The molecule has 0 saturated heterocycles. The van der Waals surface area contributed by atoms with Crippen LogP contribution in [0.5, 0.6) is 5.75 Å². The maximum atomic E-state index is 11.7. The lowest BCUT2D eigenvalue weighted by molar-refractivity contribution is -0.137. The smallest absolute Gasteiger partial charge is 0.303 e. The Labute approximate surface area is 125 Å². The summed E-state index contributed by atoms with van der Waals surface area (Å²) in [7, 11) is 0. The number of benzene rings is 1. The summed E-state index contributed by atoms with van der Waals surface area (Å²) < 4.78 is 5.44. The molecule has 21 heavy (non-hydrogen) atoms. The molecule has 5 nitrogen and oxygen atoms in total. The molecular formula is C16H23NO4. The van der Waals surface area contributed by atoms with Crippen LogP contribution in [0, 0.1) is 5.92 Å². The van der Waals surface area contributed by atoms with Crippen molar-refractivity contribution in [1.82, 2.24) is 5.32 Å². The van der Waals surface area contributed by atoms with E-state index in [1.807, 2.05) is 38.1 Å². The molecule has 1 amide bonds. The van der Waals surface area contributed by atoms with Crippen molar-refractivity contribution in [2.45, 2.75) is 39.7 Å². The molecule has 0 aliphatic heterocycles. The monoisotopic (exact) mass is 293 g/mol. The Hall–Kier alpha value is -2.04. The minimum absolute atomic E-state index is 0.0295. The van der Waals surface area contributed by atoms with Gasteiger partial charge < -0.3 is 15.2 Å². The zero-order valence-corrected chi connectivity index (χ0v) is 12.6. The normalized spacial score (nSPS) is 11.7. The molecule has 0 heterocycles. The predicted octanol–water partition coefficient (Wildman–Crippen LogP) is 2.59. The summed E-state index contributed by atoms with van der Waals surface area (Å²) in [6, 6.07) is 7.43. The van der Waals surface area contributed by atoms with Gasteiger partial charge in [-0.15, -0.1) is 0 Å². The van der Waals surface area contributed by atoms with Crippen molar-refractivity contribution in [1.29, 1.82) is 0 Å². The Morgan fingerprint density at radius 1 is 1.29 bits per heavy atom. The average molecular weight is 293 g/mol. The first kappa shape index (κ1) is 17.0. The molecule has 0 saturated carbocycles. The summed E-state index contributed by atoms with van der Waals surface area (Å²) in [4.78, 5) is 22.0. The lowest BCUT2D eigenvalue weighted by Crippen LogP contribution is -2.28. The van der Waals surface area contributed by atoms with Crippen molar-refractivity contribution < 1.29 is 19.4 Å². The van der Waals surface area contributed by atoms with E-state index in [4.69, 9.17) is 9.84 Å². The molecule has 1 unspecified atom stereocenters. The van der Waals surface area contributed by atoms with Crippen molar-refractivity contribution in [3.8, 4) is 5.75 Å². The number of carboxylic acids is 1. The fraction of sp³-hybridized carbons (Fsp3) is 0.500. The van der Waals surface area contributed by atoms with Crippen LogP contribution in [0.25, 0.3) is 0 Å². The fourth-order valence-electron chi connectivity index (χ4n) is 1.67. The number of carboxylic acid groups (broad SMARTS) is 1. The van der Waals surface area contributed by atoms with Gasteiger partial charge in [0.15, 0.2) is 0 Å². The number of amides is 1. The first-order valence-electron chi connectivity index (χ1n) is 7.24. The van der Waals surface area contributed by atoms with Crippen molar-refractivity contribution in [3.63, 3.8) is 0 Å². The third kappa shape index (κ3) is 6.79. The minimum atomic E-state index is -0.814. The SMILES string of the molecule is CCC(C)C(=O)NCc1ccc(OCCCC(=O)O)cc1. The third-order valence-corrected chi connectivity index (χ3v) is 3.25. The van der Waals surface area contributed by atoms with Gasteiger partial charge in [-0.3, -0.25) is 9.59 Å². The van der Waals surface area contributed by atoms with Gasteiger partial charge in [0.05, 0.1) is 6.61 Å². The topological polar surface area (TPSA) is 75.6 Å². The van der Waals surface area contributed by atoms with Gasteiger partial charge in [0.2, 0.25) is 5.91 Å². The molecule has 0 radical (unpaired) electrons. The van der Waals surface area contributed by atoms with E-state index in [1.165, 1.54) is 0 Å². The third-order valence-electron chi connectivity index (χ3n) is 3.25. The van der Waals surface area contributed by atoms with E-state index in [0.29, 0.717) is 25.3 Å². The maximum Gasteiger partial charge on any atom is 0.303 e. The number of rotatable bonds is 9. The highest BCUT2D eigenvalue weighted by Gasteiger charge is 2.09. The highest BCUT2D eigenvalue weighted by molar-refractivity contribution is 5.78. The number of carbonyl (C=O) groups is 2. The Kier molecular flexibility index (Phi) is 7.29. The van der Waals surface area contributed by atoms with Gasteiger partial charge in [-0.2, -0.15) is 0 Å². The Bertz CT molecular complexity index is 456. The molecule has 116 valence electrons. The number of aliphatic carboxylic acids is 1. The maximum absolute atomic E-state index is 11.7. The zero-order chi connectivity index (χ0) is 15.7. The van der Waals surface area contributed by atoms with Crippen LogP contribution < -0.4 is 10.1 Å². The molecule has 0 spiro atoms. The van der Waals surface area contributed by atoms with Crippen molar-refractivity contribution >= 4 is 11.9 Å². The summed E-state index contributed by atoms with van der Waals surface area (Å²) in [5.41, 5.74) is 1.00. The van der Waals surface area contributed by atoms with Crippen LogP contribution in [0.1, 0.15) is 38.7 Å². The van der Waals surface area contributed by atoms with Crippen LogP contribution >= 0.6 is 0 Å². The van der Waals surface area contributed by atoms with E-state index >= 15 is 0 Å². The molecule has 1 aromatic rings. The molecule has 5 heteroatoms. The second-order valence-electron chi connectivity index (χ2n) is 5.02. The van der Waals surface area contributed by atoms with Crippen LogP contribution in [-0.4, -0.2) is 23.6 Å². The molecule has 0 fully saturated rings. The van der Waals surface area contributed by atoms with Crippen LogP contribution in [0.3, 0.4) is 0 Å². The molecule has 0 aromatic heterocycles. The molecule has 0 bridgehead atoms. The van der Waals surface area contributed by atoms with E-state index in [9.17, 15) is 9.59 Å². The van der Waals surface area contributed by atoms with Gasteiger partial charge in [0, 0.05) is 18.9 Å². The summed E-state index contributed by atoms with van der Waals surface area (Å²) in [5.74, 6) is -0.0169. The summed E-state index contributed by atoms with van der Waals surface area (Å²) in [5, 5.41) is 11.4. The van der Waals surface area contributed by atoms with Crippen molar-refractivity contribution in [2.24, 2.45) is 5.92 Å². The average Bonchev–Trinajstić information content (AvgIpc) is 2.49. The number of hydrogen-bond acceptors (Lipinski definition) is 3. The van der Waals surface area contributed by atoms with E-state index in [2.05, 4.69) is 5.32 Å².